The normalized spacial score (nSPS) is 16.8. The van der Waals surface area contributed by atoms with Gasteiger partial charge in [-0.2, -0.15) is 0 Å². The molecule has 3 nitrogen and oxygen atoms in total. The van der Waals surface area contributed by atoms with Crippen LogP contribution in [0.15, 0.2) is 28.7 Å². The Morgan fingerprint density at radius 1 is 1.47 bits per heavy atom. The van der Waals surface area contributed by atoms with Crippen LogP contribution in [0.2, 0.25) is 0 Å². The molecule has 0 saturated carbocycles. The number of rotatable bonds is 2. The molecule has 1 fully saturated rings. The molecule has 0 aliphatic carbocycles. The average molecular weight is 298 g/mol. The molecule has 0 spiro atoms. The first-order chi connectivity index (χ1) is 7.91. The summed E-state index contributed by atoms with van der Waals surface area (Å²) in [6.07, 6.45) is -0.350. The van der Waals surface area contributed by atoms with E-state index in [1.165, 1.54) is 0 Å². The maximum atomic E-state index is 12.3. The minimum Gasteiger partial charge on any atom is -0.389 e. The van der Waals surface area contributed by atoms with Crippen molar-refractivity contribution in [2.45, 2.75) is 25.4 Å². The first-order valence-electron chi connectivity index (χ1n) is 5.65. The van der Waals surface area contributed by atoms with Crippen LogP contribution in [0.3, 0.4) is 0 Å². The van der Waals surface area contributed by atoms with Crippen LogP contribution in [-0.4, -0.2) is 35.1 Å². The van der Waals surface area contributed by atoms with Crippen molar-refractivity contribution in [3.8, 4) is 0 Å². The van der Waals surface area contributed by atoms with Crippen molar-refractivity contribution in [1.29, 1.82) is 0 Å². The molecule has 2 rings (SSSR count). The van der Waals surface area contributed by atoms with Crippen LogP contribution in [0.25, 0.3) is 0 Å². The maximum absolute atomic E-state index is 12.3. The average Bonchev–Trinajstić information content (AvgIpc) is 2.24. The van der Waals surface area contributed by atoms with Gasteiger partial charge >= 0.3 is 0 Å². The molecule has 0 aromatic heterocycles. The van der Waals surface area contributed by atoms with E-state index >= 15 is 0 Å². The Hall–Kier alpha value is -0.870. The lowest BCUT2D eigenvalue weighted by Crippen LogP contribution is -2.57. The van der Waals surface area contributed by atoms with Gasteiger partial charge in [0.25, 0.3) is 0 Å². The van der Waals surface area contributed by atoms with E-state index in [2.05, 4.69) is 15.9 Å². The summed E-state index contributed by atoms with van der Waals surface area (Å²) in [5.41, 5.74) is 0.433. The first-order valence-corrected chi connectivity index (χ1v) is 6.44. The van der Waals surface area contributed by atoms with Gasteiger partial charge < -0.3 is 10.0 Å². The van der Waals surface area contributed by atoms with Crippen molar-refractivity contribution in [3.63, 3.8) is 0 Å². The smallest absolute Gasteiger partial charge is 0.232 e. The van der Waals surface area contributed by atoms with Gasteiger partial charge in [-0.15, -0.1) is 0 Å². The fourth-order valence-corrected chi connectivity index (χ4v) is 2.42. The summed E-state index contributed by atoms with van der Waals surface area (Å²) in [5, 5.41) is 9.25. The Labute approximate surface area is 110 Å². The van der Waals surface area contributed by atoms with E-state index in [0.29, 0.717) is 13.1 Å². The number of amides is 1. The van der Waals surface area contributed by atoms with Crippen LogP contribution in [0.5, 0.6) is 0 Å². The monoisotopic (exact) mass is 297 g/mol. The fraction of sp³-hybridized carbons (Fsp3) is 0.462. The van der Waals surface area contributed by atoms with E-state index in [1.807, 2.05) is 38.1 Å². The topological polar surface area (TPSA) is 40.5 Å². The molecule has 1 saturated heterocycles. The minimum atomic E-state index is -0.552. The lowest BCUT2D eigenvalue weighted by molar-refractivity contribution is -0.146. The van der Waals surface area contributed by atoms with Crippen molar-refractivity contribution < 1.29 is 9.90 Å². The second kappa shape index (κ2) is 4.42. The summed E-state index contributed by atoms with van der Waals surface area (Å²) in [7, 11) is 0. The lowest BCUT2D eigenvalue weighted by Gasteiger charge is -2.41. The molecular formula is C13H16BrNO2. The summed E-state index contributed by atoms with van der Waals surface area (Å²) in [5.74, 6) is 0.0703. The zero-order valence-electron chi connectivity index (χ0n) is 9.98. The van der Waals surface area contributed by atoms with Crippen LogP contribution < -0.4 is 0 Å². The summed E-state index contributed by atoms with van der Waals surface area (Å²) in [6.45, 7) is 4.75. The van der Waals surface area contributed by atoms with Gasteiger partial charge in [0.1, 0.15) is 0 Å². The molecule has 92 valence electrons. The van der Waals surface area contributed by atoms with E-state index in [0.717, 1.165) is 10.0 Å². The molecule has 0 atom stereocenters. The zero-order valence-corrected chi connectivity index (χ0v) is 11.6. The highest BCUT2D eigenvalue weighted by Crippen LogP contribution is 2.29. The molecule has 0 unspecified atom stereocenters. The molecule has 17 heavy (non-hydrogen) atoms. The summed E-state index contributed by atoms with van der Waals surface area (Å²) in [4.78, 5) is 14.0. The maximum Gasteiger partial charge on any atom is 0.232 e. The molecule has 1 heterocycles. The number of β-amino-alcohol motifs (C(OH)–C–C–N with tert-alkyl or cyclic N) is 1. The highest BCUT2D eigenvalue weighted by Gasteiger charge is 2.39. The molecule has 1 aliphatic rings. The van der Waals surface area contributed by atoms with Gasteiger partial charge in [0.15, 0.2) is 0 Å². The number of hydrogen-bond donors (Lipinski definition) is 1. The van der Waals surface area contributed by atoms with Gasteiger partial charge in [-0.05, 0) is 31.5 Å². The van der Waals surface area contributed by atoms with E-state index in [4.69, 9.17) is 0 Å². The van der Waals surface area contributed by atoms with E-state index < -0.39 is 5.41 Å². The molecule has 1 amide bonds. The van der Waals surface area contributed by atoms with E-state index in [9.17, 15) is 9.90 Å². The molecular weight excluding hydrogens is 282 g/mol. The second-order valence-electron chi connectivity index (χ2n) is 5.00. The minimum absolute atomic E-state index is 0.0703. The number of carbonyl (C=O) groups excluding carboxylic acids is 1. The SMILES string of the molecule is CC(C)(C(=O)N1CC(O)C1)c1cccc(Br)c1. The predicted molar refractivity (Wildman–Crippen MR) is 69.8 cm³/mol. The predicted octanol–water partition coefficient (Wildman–Crippen LogP) is 1.93. The number of carbonyl (C=O) groups is 1. The molecule has 1 N–H and O–H groups in total. The summed E-state index contributed by atoms with van der Waals surface area (Å²) >= 11 is 3.42. The number of halogens is 1. The largest absolute Gasteiger partial charge is 0.389 e. The Bertz CT molecular complexity index is 439. The lowest BCUT2D eigenvalue weighted by atomic mass is 9.82. The Balaban J connectivity index is 2.20. The van der Waals surface area contributed by atoms with Crippen molar-refractivity contribution in [2.75, 3.05) is 13.1 Å². The van der Waals surface area contributed by atoms with Gasteiger partial charge in [0.2, 0.25) is 5.91 Å². The van der Waals surface area contributed by atoms with Crippen molar-refractivity contribution in [3.05, 3.63) is 34.3 Å². The van der Waals surface area contributed by atoms with Crippen LogP contribution in [0.4, 0.5) is 0 Å². The molecule has 0 radical (unpaired) electrons. The zero-order chi connectivity index (χ0) is 12.6. The molecule has 0 bridgehead atoms. The number of likely N-dealkylation sites (tertiary alicyclic amines) is 1. The number of benzene rings is 1. The summed E-state index contributed by atoms with van der Waals surface area (Å²) < 4.78 is 0.972. The third kappa shape index (κ3) is 2.38. The first kappa shape index (κ1) is 12.6. The van der Waals surface area contributed by atoms with Crippen LogP contribution in [-0.2, 0) is 10.2 Å². The Kier molecular flexibility index (Phi) is 3.27. The Morgan fingerprint density at radius 3 is 2.65 bits per heavy atom. The van der Waals surface area contributed by atoms with Gasteiger partial charge in [-0.3, -0.25) is 4.79 Å². The molecule has 1 aromatic carbocycles. The second-order valence-corrected chi connectivity index (χ2v) is 5.91. The number of hydrogen-bond acceptors (Lipinski definition) is 2. The van der Waals surface area contributed by atoms with Crippen LogP contribution in [0.1, 0.15) is 19.4 Å². The van der Waals surface area contributed by atoms with Crippen molar-refractivity contribution >= 4 is 21.8 Å². The van der Waals surface area contributed by atoms with E-state index in [1.54, 1.807) is 4.90 Å². The van der Waals surface area contributed by atoms with Crippen molar-refractivity contribution in [1.82, 2.24) is 4.90 Å². The van der Waals surface area contributed by atoms with Gasteiger partial charge in [0.05, 0.1) is 11.5 Å². The number of aliphatic hydroxyl groups is 1. The standard InChI is InChI=1S/C13H16BrNO2/c1-13(2,9-4-3-5-10(14)6-9)12(17)15-7-11(16)8-15/h3-6,11,16H,7-8H2,1-2H3. The third-order valence-corrected chi connectivity index (χ3v) is 3.72. The van der Waals surface area contributed by atoms with Crippen LogP contribution >= 0.6 is 15.9 Å². The fourth-order valence-electron chi connectivity index (χ4n) is 2.02. The molecule has 1 aromatic rings. The van der Waals surface area contributed by atoms with Crippen LogP contribution in [0, 0.1) is 0 Å². The van der Waals surface area contributed by atoms with Gasteiger partial charge in [-0.25, -0.2) is 0 Å². The number of nitrogens with zero attached hydrogens (tertiary/aromatic N) is 1. The summed E-state index contributed by atoms with van der Waals surface area (Å²) in [6, 6.07) is 7.80. The van der Waals surface area contributed by atoms with Gasteiger partial charge in [-0.1, -0.05) is 28.1 Å². The third-order valence-electron chi connectivity index (χ3n) is 3.23. The Morgan fingerprint density at radius 2 is 2.12 bits per heavy atom. The molecule has 4 heteroatoms. The highest BCUT2D eigenvalue weighted by atomic mass is 79.9. The highest BCUT2D eigenvalue weighted by molar-refractivity contribution is 9.10. The van der Waals surface area contributed by atoms with E-state index in [-0.39, 0.29) is 12.0 Å². The van der Waals surface area contributed by atoms with Gasteiger partial charge in [0, 0.05) is 17.6 Å². The quantitative estimate of drug-likeness (QED) is 0.906. The number of aliphatic hydroxyl groups excluding tert-OH is 1. The molecule has 1 aliphatic heterocycles. The van der Waals surface area contributed by atoms with Crippen molar-refractivity contribution in [2.24, 2.45) is 0 Å².